The standard InChI is InChI=1S/C13H19FN2S/c1-17-11-5-3-10(4-6-11)16-13-7-2-9(15)8-12(13)14/h2,7-8,10-11,16H,3-6,15H2,1H3. The number of halogens is 1. The topological polar surface area (TPSA) is 38.0 Å². The predicted molar refractivity (Wildman–Crippen MR) is 74.0 cm³/mol. The van der Waals surface area contributed by atoms with Gasteiger partial charge in [0.05, 0.1) is 5.69 Å². The van der Waals surface area contributed by atoms with Crippen molar-refractivity contribution >= 4 is 23.1 Å². The predicted octanol–water partition coefficient (Wildman–Crippen LogP) is 3.49. The number of nitrogens with one attached hydrogen (secondary N) is 1. The zero-order valence-corrected chi connectivity index (χ0v) is 10.9. The van der Waals surface area contributed by atoms with Crippen LogP contribution in [0.3, 0.4) is 0 Å². The second-order valence-corrected chi connectivity index (χ2v) is 5.73. The number of rotatable bonds is 3. The second-order valence-electron chi connectivity index (χ2n) is 4.59. The van der Waals surface area contributed by atoms with Gasteiger partial charge in [0, 0.05) is 17.0 Å². The van der Waals surface area contributed by atoms with Gasteiger partial charge in [0.2, 0.25) is 0 Å². The average molecular weight is 254 g/mol. The molecule has 0 spiro atoms. The highest BCUT2D eigenvalue weighted by Gasteiger charge is 2.20. The first kappa shape index (κ1) is 12.6. The zero-order valence-electron chi connectivity index (χ0n) is 10.1. The van der Waals surface area contributed by atoms with Crippen molar-refractivity contribution in [2.45, 2.75) is 37.0 Å². The summed E-state index contributed by atoms with van der Waals surface area (Å²) < 4.78 is 13.6. The maximum absolute atomic E-state index is 13.6. The van der Waals surface area contributed by atoms with Crippen molar-refractivity contribution in [1.29, 1.82) is 0 Å². The van der Waals surface area contributed by atoms with Crippen molar-refractivity contribution < 1.29 is 4.39 Å². The molecule has 4 heteroatoms. The lowest BCUT2D eigenvalue weighted by molar-refractivity contribution is 0.471. The highest BCUT2D eigenvalue weighted by Crippen LogP contribution is 2.29. The lowest BCUT2D eigenvalue weighted by atomic mass is 9.95. The molecule has 0 heterocycles. The van der Waals surface area contributed by atoms with Crippen LogP contribution in [0.5, 0.6) is 0 Å². The molecule has 1 aromatic carbocycles. The summed E-state index contributed by atoms with van der Waals surface area (Å²) in [6.07, 6.45) is 6.84. The second kappa shape index (κ2) is 5.63. The van der Waals surface area contributed by atoms with E-state index in [1.807, 2.05) is 11.8 Å². The van der Waals surface area contributed by atoms with Gasteiger partial charge >= 0.3 is 0 Å². The van der Waals surface area contributed by atoms with Crippen LogP contribution in [0, 0.1) is 5.82 Å². The molecular weight excluding hydrogens is 235 g/mol. The van der Waals surface area contributed by atoms with Crippen molar-refractivity contribution in [2.24, 2.45) is 0 Å². The Hall–Kier alpha value is -0.900. The van der Waals surface area contributed by atoms with E-state index in [2.05, 4.69) is 11.6 Å². The van der Waals surface area contributed by atoms with Gasteiger partial charge in [-0.25, -0.2) is 4.39 Å². The van der Waals surface area contributed by atoms with Gasteiger partial charge in [0.25, 0.3) is 0 Å². The van der Waals surface area contributed by atoms with Gasteiger partial charge in [-0.2, -0.15) is 11.8 Å². The SMILES string of the molecule is CSC1CCC(Nc2ccc(N)cc2F)CC1. The summed E-state index contributed by atoms with van der Waals surface area (Å²) in [5, 5.41) is 4.06. The minimum Gasteiger partial charge on any atom is -0.399 e. The van der Waals surface area contributed by atoms with Gasteiger partial charge in [-0.15, -0.1) is 0 Å². The zero-order chi connectivity index (χ0) is 12.3. The van der Waals surface area contributed by atoms with Crippen LogP contribution in [0.1, 0.15) is 25.7 Å². The van der Waals surface area contributed by atoms with Gasteiger partial charge in [-0.05, 0) is 50.1 Å². The normalized spacial score (nSPS) is 24.6. The Balaban J connectivity index is 1.93. The molecule has 1 fully saturated rings. The fourth-order valence-electron chi connectivity index (χ4n) is 2.31. The largest absolute Gasteiger partial charge is 0.399 e. The molecule has 0 saturated heterocycles. The molecule has 0 aliphatic heterocycles. The van der Waals surface area contributed by atoms with E-state index in [1.165, 1.54) is 18.9 Å². The molecule has 0 atom stereocenters. The summed E-state index contributed by atoms with van der Waals surface area (Å²) in [5.41, 5.74) is 6.57. The third-order valence-corrected chi connectivity index (χ3v) is 4.50. The van der Waals surface area contributed by atoms with Crippen molar-refractivity contribution in [3.8, 4) is 0 Å². The van der Waals surface area contributed by atoms with Gasteiger partial charge in [0.1, 0.15) is 5.82 Å². The molecule has 0 bridgehead atoms. The van der Waals surface area contributed by atoms with E-state index >= 15 is 0 Å². The first-order valence-electron chi connectivity index (χ1n) is 6.03. The van der Waals surface area contributed by atoms with Gasteiger partial charge in [-0.1, -0.05) is 0 Å². The van der Waals surface area contributed by atoms with Crippen molar-refractivity contribution in [1.82, 2.24) is 0 Å². The van der Waals surface area contributed by atoms with Crippen LogP contribution in [0.25, 0.3) is 0 Å². The molecule has 1 saturated carbocycles. The number of thioether (sulfide) groups is 1. The van der Waals surface area contributed by atoms with E-state index in [9.17, 15) is 4.39 Å². The van der Waals surface area contributed by atoms with Crippen LogP contribution in [0.15, 0.2) is 18.2 Å². The van der Waals surface area contributed by atoms with Crippen molar-refractivity contribution in [3.63, 3.8) is 0 Å². The van der Waals surface area contributed by atoms with E-state index in [0.717, 1.165) is 18.1 Å². The summed E-state index contributed by atoms with van der Waals surface area (Å²) >= 11 is 1.94. The molecule has 17 heavy (non-hydrogen) atoms. The number of benzene rings is 1. The van der Waals surface area contributed by atoms with E-state index in [4.69, 9.17) is 5.73 Å². The fraction of sp³-hybridized carbons (Fsp3) is 0.538. The molecule has 1 aliphatic rings. The Morgan fingerprint density at radius 3 is 2.59 bits per heavy atom. The molecule has 3 N–H and O–H groups in total. The summed E-state index contributed by atoms with van der Waals surface area (Å²) in [5.74, 6) is -0.253. The number of hydrogen-bond acceptors (Lipinski definition) is 3. The first-order chi connectivity index (χ1) is 8.19. The van der Waals surface area contributed by atoms with Crippen molar-refractivity contribution in [2.75, 3.05) is 17.3 Å². The Morgan fingerprint density at radius 1 is 1.29 bits per heavy atom. The van der Waals surface area contributed by atoms with E-state index in [1.54, 1.807) is 12.1 Å². The smallest absolute Gasteiger partial charge is 0.148 e. The maximum atomic E-state index is 13.6. The minimum absolute atomic E-state index is 0.253. The third kappa shape index (κ3) is 3.28. The Morgan fingerprint density at radius 2 is 2.00 bits per heavy atom. The summed E-state index contributed by atoms with van der Waals surface area (Å²) in [6, 6.07) is 5.23. The minimum atomic E-state index is -0.253. The van der Waals surface area contributed by atoms with Crippen LogP contribution in [0.4, 0.5) is 15.8 Å². The van der Waals surface area contributed by atoms with Crippen LogP contribution in [0.2, 0.25) is 0 Å². The molecule has 0 unspecified atom stereocenters. The third-order valence-electron chi connectivity index (χ3n) is 3.36. The van der Waals surface area contributed by atoms with Gasteiger partial charge in [-0.3, -0.25) is 0 Å². The number of nitrogen functional groups attached to an aromatic ring is 1. The van der Waals surface area contributed by atoms with Crippen molar-refractivity contribution in [3.05, 3.63) is 24.0 Å². The van der Waals surface area contributed by atoms with Crippen LogP contribution < -0.4 is 11.1 Å². The van der Waals surface area contributed by atoms with E-state index in [0.29, 0.717) is 17.4 Å². The summed E-state index contributed by atoms with van der Waals surface area (Å²) in [7, 11) is 0. The maximum Gasteiger partial charge on any atom is 0.148 e. The Bertz CT molecular complexity index is 376. The Labute approximate surface area is 106 Å². The monoisotopic (exact) mass is 254 g/mol. The molecule has 1 aromatic rings. The van der Waals surface area contributed by atoms with Crippen LogP contribution >= 0.6 is 11.8 Å². The highest BCUT2D eigenvalue weighted by molar-refractivity contribution is 7.99. The van der Waals surface area contributed by atoms with Crippen LogP contribution in [-0.2, 0) is 0 Å². The fourth-order valence-corrected chi connectivity index (χ4v) is 3.05. The quantitative estimate of drug-likeness (QED) is 0.811. The molecule has 94 valence electrons. The lowest BCUT2D eigenvalue weighted by Gasteiger charge is -2.28. The van der Waals surface area contributed by atoms with E-state index in [-0.39, 0.29) is 5.82 Å². The number of hydrogen-bond donors (Lipinski definition) is 2. The Kier molecular flexibility index (Phi) is 4.15. The van der Waals surface area contributed by atoms with E-state index < -0.39 is 0 Å². The molecule has 1 aliphatic carbocycles. The molecule has 2 nitrogen and oxygen atoms in total. The molecule has 0 aromatic heterocycles. The lowest BCUT2D eigenvalue weighted by Crippen LogP contribution is -2.27. The van der Waals surface area contributed by atoms with Gasteiger partial charge in [0.15, 0.2) is 0 Å². The summed E-state index contributed by atoms with van der Waals surface area (Å²) in [4.78, 5) is 0. The van der Waals surface area contributed by atoms with Gasteiger partial charge < -0.3 is 11.1 Å². The molecule has 2 rings (SSSR count). The average Bonchev–Trinajstić information content (AvgIpc) is 2.34. The number of anilines is 2. The molecule has 0 radical (unpaired) electrons. The van der Waals surface area contributed by atoms with Crippen LogP contribution in [-0.4, -0.2) is 17.5 Å². The molecule has 0 amide bonds. The first-order valence-corrected chi connectivity index (χ1v) is 7.32. The number of nitrogens with two attached hydrogens (primary N) is 1. The highest BCUT2D eigenvalue weighted by atomic mass is 32.2. The molecular formula is C13H19FN2S. The summed E-state index contributed by atoms with van der Waals surface area (Å²) in [6.45, 7) is 0.